The van der Waals surface area contributed by atoms with Gasteiger partial charge in [0.15, 0.2) is 0 Å². The molecule has 2 heterocycles. The Morgan fingerprint density at radius 2 is 1.70 bits per heavy atom. The number of para-hydroxylation sites is 1. The van der Waals surface area contributed by atoms with E-state index >= 15 is 0 Å². The van der Waals surface area contributed by atoms with Crippen LogP contribution in [-0.4, -0.2) is 34.8 Å². The molecule has 0 unspecified atom stereocenters. The van der Waals surface area contributed by atoms with Gasteiger partial charge in [0, 0.05) is 30.5 Å². The minimum absolute atomic E-state index is 0.0191. The molecule has 3 rings (SSSR count). The average Bonchev–Trinajstić information content (AvgIpc) is 2.74. The van der Waals surface area contributed by atoms with Crippen molar-refractivity contribution in [2.45, 2.75) is 46.0 Å². The van der Waals surface area contributed by atoms with E-state index in [-0.39, 0.29) is 17.5 Å². The highest BCUT2D eigenvalue weighted by molar-refractivity contribution is 6.05. The molecule has 1 fully saturated rings. The van der Waals surface area contributed by atoms with Gasteiger partial charge in [-0.05, 0) is 55.4 Å². The molecule has 1 aliphatic heterocycles. The van der Waals surface area contributed by atoms with Crippen LogP contribution in [0, 0.1) is 0 Å². The van der Waals surface area contributed by atoms with E-state index in [2.05, 4.69) is 24.1 Å². The Labute approximate surface area is 160 Å². The number of carbonyl (C=O) groups excluding carboxylic acids is 2. The molecular weight excluding hydrogens is 338 g/mol. The number of hydrogen-bond acceptors (Lipinski definition) is 3. The molecule has 1 saturated heterocycles. The van der Waals surface area contributed by atoms with Crippen LogP contribution in [0.2, 0.25) is 0 Å². The van der Waals surface area contributed by atoms with Crippen LogP contribution >= 0.6 is 0 Å². The van der Waals surface area contributed by atoms with E-state index < -0.39 is 0 Å². The third-order valence-corrected chi connectivity index (χ3v) is 5.12. The number of piperidine rings is 1. The predicted molar refractivity (Wildman–Crippen MR) is 107 cm³/mol. The van der Waals surface area contributed by atoms with Crippen LogP contribution in [0.5, 0.6) is 0 Å². The van der Waals surface area contributed by atoms with Crippen LogP contribution in [-0.2, 0) is 12.8 Å². The lowest BCUT2D eigenvalue weighted by molar-refractivity contribution is 0.0724. The van der Waals surface area contributed by atoms with Crippen LogP contribution in [0.4, 0.5) is 5.69 Å². The Bertz CT molecular complexity index is 804. The predicted octanol–water partition coefficient (Wildman–Crippen LogP) is 4.08. The highest BCUT2D eigenvalue weighted by atomic mass is 16.2. The van der Waals surface area contributed by atoms with E-state index in [0.29, 0.717) is 5.56 Å². The van der Waals surface area contributed by atoms with Crippen molar-refractivity contribution in [2.24, 2.45) is 0 Å². The largest absolute Gasteiger partial charge is 0.339 e. The normalized spacial score (nSPS) is 14.1. The highest BCUT2D eigenvalue weighted by Gasteiger charge is 2.20. The molecule has 5 heteroatoms. The first kappa shape index (κ1) is 19.1. The summed E-state index contributed by atoms with van der Waals surface area (Å²) in [5, 5.41) is 3.02. The van der Waals surface area contributed by atoms with Crippen molar-refractivity contribution in [3.63, 3.8) is 0 Å². The lowest BCUT2D eigenvalue weighted by atomic mass is 10.0. The molecule has 0 bridgehead atoms. The SMILES string of the molecule is CCc1cccc(CC)c1NC(=O)c1cc(C(=O)N2CCCCC2)ccn1. The van der Waals surface area contributed by atoms with Gasteiger partial charge in [0.25, 0.3) is 11.8 Å². The molecule has 5 nitrogen and oxygen atoms in total. The van der Waals surface area contributed by atoms with Crippen molar-refractivity contribution in [2.75, 3.05) is 18.4 Å². The minimum atomic E-state index is -0.279. The van der Waals surface area contributed by atoms with Crippen molar-refractivity contribution >= 4 is 17.5 Å². The zero-order valence-corrected chi connectivity index (χ0v) is 16.1. The Kier molecular flexibility index (Phi) is 6.22. The van der Waals surface area contributed by atoms with Gasteiger partial charge in [0.1, 0.15) is 5.69 Å². The molecule has 2 amide bonds. The van der Waals surface area contributed by atoms with Crippen molar-refractivity contribution in [1.82, 2.24) is 9.88 Å². The molecule has 1 aromatic carbocycles. The number of amides is 2. The maximum absolute atomic E-state index is 12.8. The molecule has 1 aliphatic rings. The summed E-state index contributed by atoms with van der Waals surface area (Å²) in [5.74, 6) is -0.298. The maximum atomic E-state index is 12.8. The second-order valence-corrected chi connectivity index (χ2v) is 6.90. The fraction of sp³-hybridized carbons (Fsp3) is 0.409. The zero-order valence-electron chi connectivity index (χ0n) is 16.1. The van der Waals surface area contributed by atoms with Crippen molar-refractivity contribution in [3.05, 3.63) is 58.9 Å². The topological polar surface area (TPSA) is 62.3 Å². The van der Waals surface area contributed by atoms with Gasteiger partial charge in [0.05, 0.1) is 0 Å². The number of hydrogen-bond donors (Lipinski definition) is 1. The molecule has 1 aromatic heterocycles. The summed E-state index contributed by atoms with van der Waals surface area (Å²) in [6.45, 7) is 5.71. The highest BCUT2D eigenvalue weighted by Crippen LogP contribution is 2.23. The van der Waals surface area contributed by atoms with E-state index in [1.165, 1.54) is 6.42 Å². The number of nitrogens with zero attached hydrogens (tertiary/aromatic N) is 2. The Balaban J connectivity index is 1.81. The summed E-state index contributed by atoms with van der Waals surface area (Å²) in [4.78, 5) is 31.6. The van der Waals surface area contributed by atoms with Crippen LogP contribution in [0.15, 0.2) is 36.5 Å². The number of carbonyl (C=O) groups is 2. The van der Waals surface area contributed by atoms with Crippen LogP contribution in [0.25, 0.3) is 0 Å². The van der Waals surface area contributed by atoms with Gasteiger partial charge in [-0.25, -0.2) is 0 Å². The summed E-state index contributed by atoms with van der Waals surface area (Å²) in [6.07, 6.45) is 6.47. The van der Waals surface area contributed by atoms with Gasteiger partial charge in [-0.3, -0.25) is 14.6 Å². The van der Waals surface area contributed by atoms with Gasteiger partial charge in [0.2, 0.25) is 0 Å². The van der Waals surface area contributed by atoms with Gasteiger partial charge >= 0.3 is 0 Å². The van der Waals surface area contributed by atoms with Gasteiger partial charge in [-0.1, -0.05) is 32.0 Å². The van der Waals surface area contributed by atoms with E-state index in [4.69, 9.17) is 0 Å². The van der Waals surface area contributed by atoms with Crippen molar-refractivity contribution in [3.8, 4) is 0 Å². The molecule has 0 radical (unpaired) electrons. The number of likely N-dealkylation sites (tertiary alicyclic amines) is 1. The Hall–Kier alpha value is -2.69. The Morgan fingerprint density at radius 1 is 1.04 bits per heavy atom. The van der Waals surface area contributed by atoms with Gasteiger partial charge in [-0.15, -0.1) is 0 Å². The van der Waals surface area contributed by atoms with Crippen molar-refractivity contribution < 1.29 is 9.59 Å². The number of pyridine rings is 1. The number of rotatable bonds is 5. The van der Waals surface area contributed by atoms with Crippen molar-refractivity contribution in [1.29, 1.82) is 0 Å². The standard InChI is InChI=1S/C22H27N3O2/c1-3-16-9-8-10-17(4-2)20(16)24-21(26)19-15-18(11-12-23-19)22(27)25-13-6-5-7-14-25/h8-12,15H,3-7,13-14H2,1-2H3,(H,24,26). The van der Waals surface area contributed by atoms with Crippen LogP contribution < -0.4 is 5.32 Å². The second kappa shape index (κ2) is 8.80. The minimum Gasteiger partial charge on any atom is -0.339 e. The maximum Gasteiger partial charge on any atom is 0.274 e. The lowest BCUT2D eigenvalue weighted by Gasteiger charge is -2.26. The van der Waals surface area contributed by atoms with E-state index in [1.54, 1.807) is 18.3 Å². The lowest BCUT2D eigenvalue weighted by Crippen LogP contribution is -2.35. The van der Waals surface area contributed by atoms with Crippen LogP contribution in [0.3, 0.4) is 0 Å². The fourth-order valence-electron chi connectivity index (χ4n) is 3.55. The number of benzene rings is 1. The van der Waals surface area contributed by atoms with E-state index in [1.807, 2.05) is 23.1 Å². The Morgan fingerprint density at radius 3 is 2.33 bits per heavy atom. The number of anilines is 1. The fourth-order valence-corrected chi connectivity index (χ4v) is 3.55. The monoisotopic (exact) mass is 365 g/mol. The summed E-state index contributed by atoms with van der Waals surface area (Å²) in [5.41, 5.74) is 3.86. The molecule has 0 saturated carbocycles. The molecule has 0 aliphatic carbocycles. The molecule has 0 spiro atoms. The van der Waals surface area contributed by atoms with Gasteiger partial charge < -0.3 is 10.2 Å². The number of aryl methyl sites for hydroxylation is 2. The summed E-state index contributed by atoms with van der Waals surface area (Å²) >= 11 is 0. The van der Waals surface area contributed by atoms with Gasteiger partial charge in [-0.2, -0.15) is 0 Å². The summed E-state index contributed by atoms with van der Waals surface area (Å²) < 4.78 is 0. The molecule has 27 heavy (non-hydrogen) atoms. The molecule has 0 atom stereocenters. The molecule has 2 aromatic rings. The molecule has 1 N–H and O–H groups in total. The first-order valence-electron chi connectivity index (χ1n) is 9.81. The number of nitrogens with one attached hydrogen (secondary N) is 1. The first-order chi connectivity index (χ1) is 13.1. The van der Waals surface area contributed by atoms with E-state index in [9.17, 15) is 9.59 Å². The number of aromatic nitrogens is 1. The molecular formula is C22H27N3O2. The summed E-state index contributed by atoms with van der Waals surface area (Å²) in [6, 6.07) is 9.36. The van der Waals surface area contributed by atoms with Crippen LogP contribution in [0.1, 0.15) is 65.1 Å². The first-order valence-corrected chi connectivity index (χ1v) is 9.81. The smallest absolute Gasteiger partial charge is 0.274 e. The average molecular weight is 365 g/mol. The van der Waals surface area contributed by atoms with E-state index in [0.717, 1.165) is 55.6 Å². The summed E-state index contributed by atoms with van der Waals surface area (Å²) in [7, 11) is 0. The molecule has 142 valence electrons. The quantitative estimate of drug-likeness (QED) is 0.868. The zero-order chi connectivity index (χ0) is 19.2. The third kappa shape index (κ3) is 4.35. The third-order valence-electron chi connectivity index (χ3n) is 5.12. The second-order valence-electron chi connectivity index (χ2n) is 6.90.